The van der Waals surface area contributed by atoms with Gasteiger partial charge in [0.25, 0.3) is 0 Å². The van der Waals surface area contributed by atoms with E-state index in [0.717, 1.165) is 35.7 Å². The van der Waals surface area contributed by atoms with Crippen LogP contribution < -0.4 is 11.3 Å². The van der Waals surface area contributed by atoms with Crippen molar-refractivity contribution >= 4 is 11.5 Å². The Balaban J connectivity index is 2.23. The van der Waals surface area contributed by atoms with Crippen LogP contribution in [0.25, 0.3) is 0 Å². The molecule has 6 nitrogen and oxygen atoms in total. The number of aryl methyl sites for hydroxylation is 3. The van der Waals surface area contributed by atoms with E-state index in [-0.39, 0.29) is 6.04 Å². The van der Waals surface area contributed by atoms with Crippen molar-refractivity contribution < 1.29 is 0 Å². The molecule has 0 saturated heterocycles. The molecule has 2 heterocycles. The van der Waals surface area contributed by atoms with Crippen molar-refractivity contribution in [1.29, 1.82) is 0 Å². The Bertz CT molecular complexity index is 532. The minimum atomic E-state index is 0.0383. The summed E-state index contributed by atoms with van der Waals surface area (Å²) < 4.78 is 6.04. The van der Waals surface area contributed by atoms with E-state index in [1.165, 1.54) is 17.2 Å². The fourth-order valence-corrected chi connectivity index (χ4v) is 3.00. The first kappa shape index (κ1) is 14.1. The topological polar surface area (TPSA) is 81.7 Å². The van der Waals surface area contributed by atoms with Gasteiger partial charge in [0.15, 0.2) is 0 Å². The molecule has 1 atom stereocenters. The van der Waals surface area contributed by atoms with E-state index in [2.05, 4.69) is 40.0 Å². The predicted molar refractivity (Wildman–Crippen MR) is 75.7 cm³/mol. The molecule has 0 saturated carbocycles. The number of hydrogen-bond donors (Lipinski definition) is 2. The standard InChI is InChI=1S/C12H20N6S/c1-4-10-12(19-17-15-10)11(14-13)7-9-6-8(3)16-18(9)5-2/h6,11,14H,4-5,7,13H2,1-3H3. The van der Waals surface area contributed by atoms with Crippen molar-refractivity contribution in [1.82, 2.24) is 24.8 Å². The quantitative estimate of drug-likeness (QED) is 0.617. The van der Waals surface area contributed by atoms with Gasteiger partial charge in [-0.25, -0.2) is 0 Å². The Morgan fingerprint density at radius 1 is 1.47 bits per heavy atom. The van der Waals surface area contributed by atoms with E-state index in [1.54, 1.807) is 0 Å². The molecule has 7 heteroatoms. The summed E-state index contributed by atoms with van der Waals surface area (Å²) in [5, 5.41) is 8.60. The lowest BCUT2D eigenvalue weighted by Gasteiger charge is -2.15. The van der Waals surface area contributed by atoms with Crippen LogP contribution in [0.1, 0.15) is 41.8 Å². The third-order valence-electron chi connectivity index (χ3n) is 3.14. The number of nitrogens with two attached hydrogens (primary N) is 1. The molecule has 0 radical (unpaired) electrons. The van der Waals surface area contributed by atoms with Crippen LogP contribution in [-0.4, -0.2) is 19.4 Å². The van der Waals surface area contributed by atoms with Crippen LogP contribution in [0.15, 0.2) is 6.07 Å². The molecule has 1 unspecified atom stereocenters. The fourth-order valence-electron chi connectivity index (χ4n) is 2.20. The minimum absolute atomic E-state index is 0.0383. The van der Waals surface area contributed by atoms with Crippen LogP contribution in [0.4, 0.5) is 0 Å². The van der Waals surface area contributed by atoms with Gasteiger partial charge in [0.2, 0.25) is 0 Å². The number of hydrazine groups is 1. The highest BCUT2D eigenvalue weighted by Crippen LogP contribution is 2.24. The number of hydrogen-bond acceptors (Lipinski definition) is 6. The lowest BCUT2D eigenvalue weighted by molar-refractivity contribution is 0.519. The molecular weight excluding hydrogens is 260 g/mol. The summed E-state index contributed by atoms with van der Waals surface area (Å²) in [6.07, 6.45) is 1.66. The van der Waals surface area contributed by atoms with Crippen LogP contribution in [-0.2, 0) is 19.4 Å². The van der Waals surface area contributed by atoms with Gasteiger partial charge in [0.1, 0.15) is 0 Å². The second kappa shape index (κ2) is 6.23. The molecule has 2 rings (SSSR count). The molecule has 0 bridgehead atoms. The maximum atomic E-state index is 5.71. The Morgan fingerprint density at radius 3 is 2.89 bits per heavy atom. The third-order valence-corrected chi connectivity index (χ3v) is 4.02. The van der Waals surface area contributed by atoms with Crippen molar-refractivity contribution in [3.05, 3.63) is 28.0 Å². The molecule has 0 aliphatic rings. The van der Waals surface area contributed by atoms with Gasteiger partial charge in [-0.05, 0) is 37.9 Å². The van der Waals surface area contributed by atoms with Gasteiger partial charge in [-0.1, -0.05) is 11.4 Å². The summed E-state index contributed by atoms with van der Waals surface area (Å²) in [7, 11) is 0. The molecule has 2 aromatic heterocycles. The van der Waals surface area contributed by atoms with Crippen LogP contribution in [0.3, 0.4) is 0 Å². The zero-order valence-corrected chi connectivity index (χ0v) is 12.4. The van der Waals surface area contributed by atoms with Gasteiger partial charge in [0, 0.05) is 18.7 Å². The van der Waals surface area contributed by atoms with Crippen molar-refractivity contribution in [2.24, 2.45) is 5.84 Å². The average Bonchev–Trinajstić information content (AvgIpc) is 3.01. The highest BCUT2D eigenvalue weighted by molar-refractivity contribution is 7.05. The molecule has 0 amide bonds. The van der Waals surface area contributed by atoms with Gasteiger partial charge in [-0.2, -0.15) is 5.10 Å². The van der Waals surface area contributed by atoms with Crippen LogP contribution in [0.5, 0.6) is 0 Å². The first-order chi connectivity index (χ1) is 9.19. The van der Waals surface area contributed by atoms with Crippen molar-refractivity contribution in [3.63, 3.8) is 0 Å². The minimum Gasteiger partial charge on any atom is -0.271 e. The summed E-state index contributed by atoms with van der Waals surface area (Å²) in [5.74, 6) is 5.71. The Morgan fingerprint density at radius 2 is 2.26 bits per heavy atom. The molecule has 2 aromatic rings. The highest BCUT2D eigenvalue weighted by atomic mass is 32.1. The second-order valence-electron chi connectivity index (χ2n) is 4.45. The van der Waals surface area contributed by atoms with E-state index < -0.39 is 0 Å². The second-order valence-corrected chi connectivity index (χ2v) is 5.24. The third kappa shape index (κ3) is 2.99. The zero-order chi connectivity index (χ0) is 13.8. The molecule has 104 valence electrons. The van der Waals surface area contributed by atoms with Gasteiger partial charge in [0.05, 0.1) is 22.3 Å². The largest absolute Gasteiger partial charge is 0.271 e. The summed E-state index contributed by atoms with van der Waals surface area (Å²) in [6.45, 7) is 7.04. The zero-order valence-electron chi connectivity index (χ0n) is 11.6. The SMILES string of the molecule is CCc1nnsc1C(Cc1cc(C)nn1CC)NN. The van der Waals surface area contributed by atoms with E-state index in [1.807, 2.05) is 11.6 Å². The summed E-state index contributed by atoms with van der Waals surface area (Å²) in [5.41, 5.74) is 6.11. The van der Waals surface area contributed by atoms with E-state index >= 15 is 0 Å². The van der Waals surface area contributed by atoms with Gasteiger partial charge in [-0.3, -0.25) is 16.0 Å². The van der Waals surface area contributed by atoms with Gasteiger partial charge in [-0.15, -0.1) is 5.10 Å². The molecule has 3 N–H and O–H groups in total. The maximum Gasteiger partial charge on any atom is 0.0801 e. The summed E-state index contributed by atoms with van der Waals surface area (Å²) in [4.78, 5) is 1.12. The Kier molecular flexibility index (Phi) is 4.62. The summed E-state index contributed by atoms with van der Waals surface area (Å²) in [6, 6.07) is 2.14. The predicted octanol–water partition coefficient (Wildman–Crippen LogP) is 1.37. The number of nitrogens with one attached hydrogen (secondary N) is 1. The Labute approximate surface area is 117 Å². The maximum absolute atomic E-state index is 5.71. The van der Waals surface area contributed by atoms with Crippen LogP contribution in [0, 0.1) is 6.92 Å². The van der Waals surface area contributed by atoms with E-state index in [0.29, 0.717) is 0 Å². The lowest BCUT2D eigenvalue weighted by Crippen LogP contribution is -2.30. The molecular formula is C12H20N6S. The number of aromatic nitrogens is 4. The van der Waals surface area contributed by atoms with E-state index in [4.69, 9.17) is 5.84 Å². The normalized spacial score (nSPS) is 12.8. The lowest BCUT2D eigenvalue weighted by atomic mass is 10.1. The van der Waals surface area contributed by atoms with Crippen LogP contribution >= 0.6 is 11.5 Å². The van der Waals surface area contributed by atoms with Crippen molar-refractivity contribution in [2.45, 2.75) is 46.2 Å². The molecule has 0 aromatic carbocycles. The van der Waals surface area contributed by atoms with Gasteiger partial charge >= 0.3 is 0 Å². The highest BCUT2D eigenvalue weighted by Gasteiger charge is 2.19. The average molecular weight is 280 g/mol. The number of nitrogens with zero attached hydrogens (tertiary/aromatic N) is 4. The summed E-state index contributed by atoms with van der Waals surface area (Å²) >= 11 is 1.41. The monoisotopic (exact) mass is 280 g/mol. The molecule has 0 aliphatic carbocycles. The first-order valence-electron chi connectivity index (χ1n) is 6.50. The number of rotatable bonds is 6. The van der Waals surface area contributed by atoms with Crippen molar-refractivity contribution in [3.8, 4) is 0 Å². The van der Waals surface area contributed by atoms with E-state index in [9.17, 15) is 0 Å². The van der Waals surface area contributed by atoms with Gasteiger partial charge < -0.3 is 0 Å². The molecule has 0 spiro atoms. The Hall–Kier alpha value is -1.31. The fraction of sp³-hybridized carbons (Fsp3) is 0.583. The molecule has 19 heavy (non-hydrogen) atoms. The molecule has 0 fully saturated rings. The van der Waals surface area contributed by atoms with Crippen LogP contribution in [0.2, 0.25) is 0 Å². The van der Waals surface area contributed by atoms with Crippen molar-refractivity contribution in [2.75, 3.05) is 0 Å². The smallest absolute Gasteiger partial charge is 0.0801 e. The molecule has 0 aliphatic heterocycles. The first-order valence-corrected chi connectivity index (χ1v) is 7.27.